The smallest absolute Gasteiger partial charge is 0.315 e. The SMILES string of the molecule is CC(C)C(O)CCNC(=O)NCc1cccc(N(C)C)n1. The molecule has 0 aliphatic heterocycles. The van der Waals surface area contributed by atoms with E-state index in [9.17, 15) is 9.90 Å². The minimum absolute atomic E-state index is 0.202. The monoisotopic (exact) mass is 294 g/mol. The van der Waals surface area contributed by atoms with Crippen LogP contribution in [0.2, 0.25) is 0 Å². The van der Waals surface area contributed by atoms with E-state index in [0.717, 1.165) is 11.5 Å². The van der Waals surface area contributed by atoms with Crippen molar-refractivity contribution < 1.29 is 9.90 Å². The molecule has 118 valence electrons. The van der Waals surface area contributed by atoms with Crippen molar-refractivity contribution in [3.8, 4) is 0 Å². The van der Waals surface area contributed by atoms with Gasteiger partial charge in [-0.05, 0) is 24.5 Å². The lowest BCUT2D eigenvalue weighted by Gasteiger charge is -2.15. The number of urea groups is 1. The molecule has 0 aromatic carbocycles. The summed E-state index contributed by atoms with van der Waals surface area (Å²) in [7, 11) is 3.85. The van der Waals surface area contributed by atoms with Crippen LogP contribution in [0.1, 0.15) is 26.0 Å². The summed E-state index contributed by atoms with van der Waals surface area (Å²) >= 11 is 0. The molecule has 0 aliphatic carbocycles. The number of aliphatic hydroxyl groups excluding tert-OH is 1. The molecule has 21 heavy (non-hydrogen) atoms. The minimum Gasteiger partial charge on any atom is -0.393 e. The summed E-state index contributed by atoms with van der Waals surface area (Å²) in [4.78, 5) is 18.0. The van der Waals surface area contributed by atoms with Crippen LogP contribution in [0.4, 0.5) is 10.6 Å². The lowest BCUT2D eigenvalue weighted by Crippen LogP contribution is -2.37. The third-order valence-electron chi connectivity index (χ3n) is 3.18. The van der Waals surface area contributed by atoms with E-state index in [1.807, 2.05) is 51.0 Å². The molecule has 0 spiro atoms. The van der Waals surface area contributed by atoms with Crippen LogP contribution in [-0.2, 0) is 6.54 Å². The molecule has 1 aromatic heterocycles. The molecule has 0 saturated heterocycles. The topological polar surface area (TPSA) is 77.5 Å². The third-order valence-corrected chi connectivity index (χ3v) is 3.18. The zero-order valence-corrected chi connectivity index (χ0v) is 13.3. The molecular formula is C15H26N4O2. The van der Waals surface area contributed by atoms with E-state index in [2.05, 4.69) is 15.6 Å². The molecule has 1 heterocycles. The van der Waals surface area contributed by atoms with Crippen molar-refractivity contribution in [2.75, 3.05) is 25.5 Å². The molecule has 6 nitrogen and oxygen atoms in total. The molecule has 6 heteroatoms. The van der Waals surface area contributed by atoms with Crippen LogP contribution in [0.5, 0.6) is 0 Å². The quantitative estimate of drug-likeness (QED) is 0.709. The van der Waals surface area contributed by atoms with Gasteiger partial charge < -0.3 is 20.6 Å². The number of amides is 2. The van der Waals surface area contributed by atoms with Crippen LogP contribution in [0.15, 0.2) is 18.2 Å². The first-order valence-electron chi connectivity index (χ1n) is 7.23. The average Bonchev–Trinajstić information content (AvgIpc) is 2.45. The number of hydrogen-bond donors (Lipinski definition) is 3. The standard InChI is InChI=1S/C15H26N4O2/c1-11(2)13(20)8-9-16-15(21)17-10-12-6-5-7-14(18-12)19(3)4/h5-7,11,13,20H,8-10H2,1-4H3,(H2,16,17,21). The Morgan fingerprint density at radius 3 is 2.67 bits per heavy atom. The Hall–Kier alpha value is -1.82. The highest BCUT2D eigenvalue weighted by Crippen LogP contribution is 2.07. The Morgan fingerprint density at radius 2 is 2.05 bits per heavy atom. The van der Waals surface area contributed by atoms with Crippen LogP contribution >= 0.6 is 0 Å². The van der Waals surface area contributed by atoms with E-state index in [1.165, 1.54) is 0 Å². The van der Waals surface area contributed by atoms with Gasteiger partial charge in [-0.25, -0.2) is 9.78 Å². The number of aliphatic hydroxyl groups is 1. The highest BCUT2D eigenvalue weighted by molar-refractivity contribution is 5.73. The number of nitrogens with zero attached hydrogens (tertiary/aromatic N) is 2. The summed E-state index contributed by atoms with van der Waals surface area (Å²) in [6.45, 7) is 4.74. The van der Waals surface area contributed by atoms with Gasteiger partial charge in [0.1, 0.15) is 5.82 Å². The maximum Gasteiger partial charge on any atom is 0.315 e. The zero-order valence-electron chi connectivity index (χ0n) is 13.3. The molecule has 0 bridgehead atoms. The molecule has 1 aromatic rings. The van der Waals surface area contributed by atoms with E-state index in [4.69, 9.17) is 0 Å². The first-order chi connectivity index (χ1) is 9.90. The number of anilines is 1. The van der Waals surface area contributed by atoms with E-state index >= 15 is 0 Å². The molecule has 0 fully saturated rings. The second-order valence-electron chi connectivity index (χ2n) is 5.59. The van der Waals surface area contributed by atoms with Gasteiger partial charge in [0, 0.05) is 20.6 Å². The predicted octanol–water partition coefficient (Wildman–Crippen LogP) is 1.35. The van der Waals surface area contributed by atoms with Gasteiger partial charge >= 0.3 is 6.03 Å². The first-order valence-corrected chi connectivity index (χ1v) is 7.23. The molecule has 3 N–H and O–H groups in total. The fourth-order valence-corrected chi connectivity index (χ4v) is 1.71. The summed E-state index contributed by atoms with van der Waals surface area (Å²) in [6.07, 6.45) is 0.170. The highest BCUT2D eigenvalue weighted by atomic mass is 16.3. The van der Waals surface area contributed by atoms with Crippen molar-refractivity contribution in [1.29, 1.82) is 0 Å². The highest BCUT2D eigenvalue weighted by Gasteiger charge is 2.09. The second kappa shape index (κ2) is 8.46. The van der Waals surface area contributed by atoms with Gasteiger partial charge in [0.2, 0.25) is 0 Å². The van der Waals surface area contributed by atoms with Crippen molar-refractivity contribution in [3.63, 3.8) is 0 Å². The summed E-state index contributed by atoms with van der Waals surface area (Å²) in [6, 6.07) is 5.45. The summed E-state index contributed by atoms with van der Waals surface area (Å²) < 4.78 is 0. The minimum atomic E-state index is -0.385. The Morgan fingerprint density at radius 1 is 1.33 bits per heavy atom. The molecule has 0 aliphatic rings. The van der Waals surface area contributed by atoms with Gasteiger partial charge in [0.25, 0.3) is 0 Å². The van der Waals surface area contributed by atoms with Crippen molar-refractivity contribution in [2.45, 2.75) is 32.9 Å². The number of rotatable bonds is 7. The zero-order chi connectivity index (χ0) is 15.8. The number of hydrogen-bond acceptors (Lipinski definition) is 4. The molecule has 0 saturated carbocycles. The fourth-order valence-electron chi connectivity index (χ4n) is 1.71. The number of carbonyl (C=O) groups excluding carboxylic acids is 1. The Bertz CT molecular complexity index is 449. The normalized spacial score (nSPS) is 12.1. The molecular weight excluding hydrogens is 268 g/mol. The Kier molecular flexibility index (Phi) is 6.94. The van der Waals surface area contributed by atoms with Gasteiger partial charge in [-0.2, -0.15) is 0 Å². The Balaban J connectivity index is 2.31. The van der Waals surface area contributed by atoms with E-state index < -0.39 is 0 Å². The van der Waals surface area contributed by atoms with Gasteiger partial charge in [-0.1, -0.05) is 19.9 Å². The van der Waals surface area contributed by atoms with E-state index in [1.54, 1.807) is 0 Å². The lowest BCUT2D eigenvalue weighted by molar-refractivity contribution is 0.116. The molecule has 1 rings (SSSR count). The lowest BCUT2D eigenvalue weighted by atomic mass is 10.0. The molecule has 2 amide bonds. The molecule has 0 radical (unpaired) electrons. The van der Waals surface area contributed by atoms with Gasteiger partial charge in [0.15, 0.2) is 0 Å². The van der Waals surface area contributed by atoms with Gasteiger partial charge in [-0.3, -0.25) is 0 Å². The first kappa shape index (κ1) is 17.2. The second-order valence-corrected chi connectivity index (χ2v) is 5.59. The third kappa shape index (κ3) is 6.44. The van der Waals surface area contributed by atoms with Crippen LogP contribution in [-0.4, -0.2) is 42.9 Å². The summed E-state index contributed by atoms with van der Waals surface area (Å²) in [5.41, 5.74) is 0.804. The Labute approximate surface area is 126 Å². The van der Waals surface area contributed by atoms with Crippen LogP contribution in [0.3, 0.4) is 0 Å². The fraction of sp³-hybridized carbons (Fsp3) is 0.600. The van der Waals surface area contributed by atoms with E-state index in [-0.39, 0.29) is 18.1 Å². The van der Waals surface area contributed by atoms with Gasteiger partial charge in [-0.15, -0.1) is 0 Å². The van der Waals surface area contributed by atoms with Crippen molar-refractivity contribution in [2.24, 2.45) is 5.92 Å². The van der Waals surface area contributed by atoms with Crippen molar-refractivity contribution in [3.05, 3.63) is 23.9 Å². The van der Waals surface area contributed by atoms with Crippen molar-refractivity contribution >= 4 is 11.8 Å². The molecule has 1 atom stereocenters. The van der Waals surface area contributed by atoms with E-state index in [0.29, 0.717) is 19.5 Å². The molecule has 1 unspecified atom stereocenters. The maximum absolute atomic E-state index is 11.6. The number of aromatic nitrogens is 1. The summed E-state index contributed by atoms with van der Waals surface area (Å²) in [5.74, 6) is 1.06. The number of carbonyl (C=O) groups is 1. The largest absolute Gasteiger partial charge is 0.393 e. The number of nitrogens with one attached hydrogen (secondary N) is 2. The van der Waals surface area contributed by atoms with Crippen LogP contribution in [0, 0.1) is 5.92 Å². The average molecular weight is 294 g/mol. The van der Waals surface area contributed by atoms with Crippen LogP contribution < -0.4 is 15.5 Å². The number of pyridine rings is 1. The summed E-state index contributed by atoms with van der Waals surface area (Å²) in [5, 5.41) is 15.1. The van der Waals surface area contributed by atoms with Crippen molar-refractivity contribution in [1.82, 2.24) is 15.6 Å². The van der Waals surface area contributed by atoms with Crippen LogP contribution in [0.25, 0.3) is 0 Å². The predicted molar refractivity (Wildman–Crippen MR) is 84.3 cm³/mol. The maximum atomic E-state index is 11.6. The van der Waals surface area contributed by atoms with Gasteiger partial charge in [0.05, 0.1) is 18.3 Å².